The molecule has 2 aromatic rings. The molecule has 0 spiro atoms. The molecule has 0 amide bonds. The first-order valence-electron chi connectivity index (χ1n) is 7.35. The first-order valence-corrected chi connectivity index (χ1v) is 8.55. The van der Waals surface area contributed by atoms with E-state index in [9.17, 15) is 0 Å². The van der Waals surface area contributed by atoms with Gasteiger partial charge in [-0.15, -0.1) is 11.3 Å². The fourth-order valence-corrected chi connectivity index (χ4v) is 3.08. The van der Waals surface area contributed by atoms with Crippen LogP contribution in [0.25, 0.3) is 0 Å². The van der Waals surface area contributed by atoms with Crippen LogP contribution < -0.4 is 10.6 Å². The number of nitrogens with one attached hydrogen (secondary N) is 2. The molecule has 3 rings (SSSR count). The average Bonchev–Trinajstić information content (AvgIpc) is 3.26. The quantitative estimate of drug-likeness (QED) is 0.787. The predicted octanol–water partition coefficient (Wildman–Crippen LogP) is 4.50. The summed E-state index contributed by atoms with van der Waals surface area (Å²) in [5.74, 6) is 3.31. The van der Waals surface area contributed by atoms with Crippen molar-refractivity contribution in [1.29, 1.82) is 0 Å². The Hall–Kier alpha value is -1.33. The van der Waals surface area contributed by atoms with Crippen molar-refractivity contribution >= 4 is 34.6 Å². The summed E-state index contributed by atoms with van der Waals surface area (Å²) in [6, 6.07) is 5.95. The zero-order valence-corrected chi connectivity index (χ0v) is 13.6. The van der Waals surface area contributed by atoms with Crippen LogP contribution in [-0.4, -0.2) is 16.5 Å². The summed E-state index contributed by atoms with van der Waals surface area (Å²) >= 11 is 7.55. The third kappa shape index (κ3) is 4.08. The minimum Gasteiger partial charge on any atom is -0.370 e. The number of anilines is 2. The summed E-state index contributed by atoms with van der Waals surface area (Å²) in [4.78, 5) is 10.4. The normalized spacial score (nSPS) is 14.2. The van der Waals surface area contributed by atoms with E-state index >= 15 is 0 Å². The molecule has 0 aromatic carbocycles. The lowest BCUT2D eigenvalue weighted by Gasteiger charge is -2.10. The molecule has 2 aromatic heterocycles. The molecule has 1 saturated carbocycles. The van der Waals surface area contributed by atoms with Crippen LogP contribution in [0.2, 0.25) is 4.34 Å². The zero-order valence-electron chi connectivity index (χ0n) is 12.0. The van der Waals surface area contributed by atoms with Crippen LogP contribution in [-0.2, 0) is 6.54 Å². The van der Waals surface area contributed by atoms with E-state index in [2.05, 4.69) is 27.5 Å². The van der Waals surface area contributed by atoms with E-state index < -0.39 is 0 Å². The molecule has 0 saturated heterocycles. The minimum atomic E-state index is 0.546. The van der Waals surface area contributed by atoms with E-state index in [0.717, 1.165) is 41.3 Å². The zero-order chi connectivity index (χ0) is 14.7. The minimum absolute atomic E-state index is 0.546. The summed E-state index contributed by atoms with van der Waals surface area (Å²) in [7, 11) is 0. The molecular weight excluding hydrogens is 304 g/mol. The number of hydrogen-bond acceptors (Lipinski definition) is 5. The van der Waals surface area contributed by atoms with Crippen molar-refractivity contribution in [3.63, 3.8) is 0 Å². The Labute approximate surface area is 134 Å². The highest BCUT2D eigenvalue weighted by atomic mass is 35.5. The largest absolute Gasteiger partial charge is 0.370 e. The van der Waals surface area contributed by atoms with Gasteiger partial charge in [0, 0.05) is 23.4 Å². The van der Waals surface area contributed by atoms with Crippen molar-refractivity contribution in [1.82, 2.24) is 9.97 Å². The van der Waals surface area contributed by atoms with Crippen molar-refractivity contribution in [2.24, 2.45) is 0 Å². The van der Waals surface area contributed by atoms with Gasteiger partial charge >= 0.3 is 0 Å². The van der Waals surface area contributed by atoms with Gasteiger partial charge in [-0.3, -0.25) is 0 Å². The van der Waals surface area contributed by atoms with Crippen LogP contribution in [0.4, 0.5) is 11.6 Å². The van der Waals surface area contributed by atoms with Crippen LogP contribution in [0.1, 0.15) is 42.8 Å². The fraction of sp³-hybridized carbons (Fsp3) is 0.467. The lowest BCUT2D eigenvalue weighted by molar-refractivity contribution is 0.905. The average molecular weight is 323 g/mol. The molecule has 21 heavy (non-hydrogen) atoms. The van der Waals surface area contributed by atoms with Crippen molar-refractivity contribution in [3.05, 3.63) is 33.2 Å². The fourth-order valence-electron chi connectivity index (χ4n) is 2.05. The number of rotatable bonds is 7. The summed E-state index contributed by atoms with van der Waals surface area (Å²) in [6.45, 7) is 3.82. The molecule has 2 heterocycles. The Morgan fingerprint density at radius 3 is 2.62 bits per heavy atom. The molecule has 1 aliphatic carbocycles. The Morgan fingerprint density at radius 2 is 2.00 bits per heavy atom. The predicted molar refractivity (Wildman–Crippen MR) is 89.4 cm³/mol. The maximum Gasteiger partial charge on any atom is 0.136 e. The van der Waals surface area contributed by atoms with Gasteiger partial charge < -0.3 is 10.6 Å². The van der Waals surface area contributed by atoms with E-state index in [1.54, 1.807) is 11.3 Å². The van der Waals surface area contributed by atoms with Gasteiger partial charge in [-0.2, -0.15) is 0 Å². The number of aromatic nitrogens is 2. The van der Waals surface area contributed by atoms with Crippen LogP contribution >= 0.6 is 22.9 Å². The second-order valence-electron chi connectivity index (χ2n) is 5.26. The molecule has 0 bridgehead atoms. The SMILES string of the molecule is CCCNc1cc(NCc2ccc(Cl)s2)nc(C2CC2)n1. The first-order chi connectivity index (χ1) is 10.2. The maximum atomic E-state index is 5.95. The van der Waals surface area contributed by atoms with E-state index in [-0.39, 0.29) is 0 Å². The van der Waals surface area contributed by atoms with E-state index in [1.165, 1.54) is 17.7 Å². The smallest absolute Gasteiger partial charge is 0.136 e. The van der Waals surface area contributed by atoms with Crippen molar-refractivity contribution in [2.75, 3.05) is 17.2 Å². The Morgan fingerprint density at radius 1 is 1.24 bits per heavy atom. The Kier molecular flexibility index (Phi) is 4.60. The molecule has 112 valence electrons. The van der Waals surface area contributed by atoms with Gasteiger partial charge in [0.25, 0.3) is 0 Å². The standard InChI is InChI=1S/C15H19ClN4S/c1-2-7-17-13-8-14(20-15(19-13)10-3-4-10)18-9-11-5-6-12(16)21-11/h5-6,8,10H,2-4,7,9H2,1H3,(H2,17,18,19,20). The monoisotopic (exact) mass is 322 g/mol. The molecule has 0 atom stereocenters. The van der Waals surface area contributed by atoms with Crippen LogP contribution in [0.15, 0.2) is 18.2 Å². The molecule has 6 heteroatoms. The molecule has 0 aliphatic heterocycles. The summed E-state index contributed by atoms with van der Waals surface area (Å²) in [5, 5.41) is 6.73. The lowest BCUT2D eigenvalue weighted by atomic mass is 10.3. The topological polar surface area (TPSA) is 49.8 Å². The highest BCUT2D eigenvalue weighted by molar-refractivity contribution is 7.16. The maximum absolute atomic E-state index is 5.95. The highest BCUT2D eigenvalue weighted by Gasteiger charge is 2.27. The second kappa shape index (κ2) is 6.62. The van der Waals surface area contributed by atoms with Gasteiger partial charge in [-0.1, -0.05) is 18.5 Å². The van der Waals surface area contributed by atoms with Crippen molar-refractivity contribution in [3.8, 4) is 0 Å². The third-order valence-corrected chi connectivity index (χ3v) is 4.55. The highest BCUT2D eigenvalue weighted by Crippen LogP contribution is 2.38. The number of nitrogens with zero attached hydrogens (tertiary/aromatic N) is 2. The van der Waals surface area contributed by atoms with Gasteiger partial charge in [0.15, 0.2) is 0 Å². The second-order valence-corrected chi connectivity index (χ2v) is 7.06. The molecule has 0 unspecified atom stereocenters. The van der Waals surface area contributed by atoms with Gasteiger partial charge in [0.1, 0.15) is 17.5 Å². The summed E-state index contributed by atoms with van der Waals surface area (Å²) in [5.41, 5.74) is 0. The van der Waals surface area contributed by atoms with E-state index in [4.69, 9.17) is 11.6 Å². The van der Waals surface area contributed by atoms with E-state index in [0.29, 0.717) is 5.92 Å². The summed E-state index contributed by atoms with van der Waals surface area (Å²) in [6.07, 6.45) is 3.49. The number of halogens is 1. The molecular formula is C15H19ClN4S. The number of thiophene rings is 1. The molecule has 1 aliphatic rings. The lowest BCUT2D eigenvalue weighted by Crippen LogP contribution is -2.08. The molecule has 4 nitrogen and oxygen atoms in total. The van der Waals surface area contributed by atoms with Gasteiger partial charge in [-0.05, 0) is 31.4 Å². The van der Waals surface area contributed by atoms with Crippen LogP contribution in [0.5, 0.6) is 0 Å². The van der Waals surface area contributed by atoms with E-state index in [1.807, 2.05) is 18.2 Å². The van der Waals surface area contributed by atoms with Crippen LogP contribution in [0.3, 0.4) is 0 Å². The Balaban J connectivity index is 1.71. The van der Waals surface area contributed by atoms with Gasteiger partial charge in [0.05, 0.1) is 10.9 Å². The molecule has 0 radical (unpaired) electrons. The molecule has 1 fully saturated rings. The van der Waals surface area contributed by atoms with Gasteiger partial charge in [0.2, 0.25) is 0 Å². The third-order valence-electron chi connectivity index (χ3n) is 3.31. The van der Waals surface area contributed by atoms with Gasteiger partial charge in [-0.25, -0.2) is 9.97 Å². The Bertz CT molecular complexity index is 609. The van der Waals surface area contributed by atoms with Crippen molar-refractivity contribution < 1.29 is 0 Å². The van der Waals surface area contributed by atoms with Crippen LogP contribution in [0, 0.1) is 0 Å². The molecule has 2 N–H and O–H groups in total. The number of hydrogen-bond donors (Lipinski definition) is 2. The summed E-state index contributed by atoms with van der Waals surface area (Å²) < 4.78 is 0.818. The first kappa shape index (κ1) is 14.6. The van der Waals surface area contributed by atoms with Crippen molar-refractivity contribution in [2.45, 2.75) is 38.6 Å².